The van der Waals surface area contributed by atoms with E-state index in [1.807, 2.05) is 17.2 Å². The molecule has 3 heterocycles. The van der Waals surface area contributed by atoms with Crippen molar-refractivity contribution in [2.45, 2.75) is 38.8 Å². The zero-order chi connectivity index (χ0) is 18.1. The molecule has 0 aliphatic carbocycles. The molecule has 5 heteroatoms. The van der Waals surface area contributed by atoms with Gasteiger partial charge in [-0.25, -0.2) is 0 Å². The molecule has 1 aromatic carbocycles. The van der Waals surface area contributed by atoms with E-state index < -0.39 is 0 Å². The third-order valence-electron chi connectivity index (χ3n) is 6.06. The highest BCUT2D eigenvalue weighted by Crippen LogP contribution is 2.40. The van der Waals surface area contributed by atoms with Crippen LogP contribution in [-0.2, 0) is 11.3 Å². The van der Waals surface area contributed by atoms with Crippen molar-refractivity contribution in [2.24, 2.45) is 5.41 Å². The molecule has 2 saturated heterocycles. The molecule has 1 amide bonds. The summed E-state index contributed by atoms with van der Waals surface area (Å²) in [6, 6.07) is 10.6. The van der Waals surface area contributed by atoms with Crippen LogP contribution in [0.1, 0.15) is 31.7 Å². The van der Waals surface area contributed by atoms with Gasteiger partial charge in [0.1, 0.15) is 0 Å². The van der Waals surface area contributed by atoms with Gasteiger partial charge in [-0.1, -0.05) is 12.1 Å². The summed E-state index contributed by atoms with van der Waals surface area (Å²) < 4.78 is 0. The Kier molecular flexibility index (Phi) is 4.67. The van der Waals surface area contributed by atoms with Crippen molar-refractivity contribution in [3.63, 3.8) is 0 Å². The number of piperidine rings is 2. The number of likely N-dealkylation sites (tertiary alicyclic amines) is 2. The summed E-state index contributed by atoms with van der Waals surface area (Å²) in [5, 5.41) is 11.4. The van der Waals surface area contributed by atoms with Crippen molar-refractivity contribution in [3.8, 4) is 0 Å². The Morgan fingerprint density at radius 3 is 2.88 bits per heavy atom. The monoisotopic (exact) mass is 353 g/mol. The van der Waals surface area contributed by atoms with Gasteiger partial charge in [-0.05, 0) is 61.5 Å². The second-order valence-electron chi connectivity index (χ2n) is 8.06. The molecule has 138 valence electrons. The number of rotatable bonds is 2. The van der Waals surface area contributed by atoms with Gasteiger partial charge in [-0.3, -0.25) is 14.7 Å². The molecule has 1 N–H and O–H groups in total. The van der Waals surface area contributed by atoms with Crippen LogP contribution in [-0.4, -0.2) is 58.1 Å². The first-order valence-electron chi connectivity index (χ1n) is 9.53. The van der Waals surface area contributed by atoms with Crippen molar-refractivity contribution in [2.75, 3.05) is 26.2 Å². The molecule has 4 rings (SSSR count). The number of aromatic nitrogens is 1. The average Bonchev–Trinajstić information content (AvgIpc) is 2.63. The lowest BCUT2D eigenvalue weighted by Gasteiger charge is -2.49. The van der Waals surface area contributed by atoms with Crippen LogP contribution in [0.2, 0.25) is 0 Å². The minimum atomic E-state index is -0.382. The van der Waals surface area contributed by atoms with Gasteiger partial charge >= 0.3 is 0 Å². The normalized spacial score (nSPS) is 23.5. The van der Waals surface area contributed by atoms with Gasteiger partial charge < -0.3 is 10.0 Å². The Labute approximate surface area is 154 Å². The summed E-state index contributed by atoms with van der Waals surface area (Å²) in [6.07, 6.45) is 4.36. The molecular weight excluding hydrogens is 326 g/mol. The second kappa shape index (κ2) is 6.97. The van der Waals surface area contributed by atoms with Gasteiger partial charge in [0.25, 0.3) is 0 Å². The van der Waals surface area contributed by atoms with Crippen LogP contribution in [0.15, 0.2) is 36.5 Å². The maximum atomic E-state index is 11.8. The SMILES string of the molecule is CC(=O)N1CC(O)CC2(CCN(Cc3ccc4ncccc4c3)CC2)C1. The third kappa shape index (κ3) is 3.60. The van der Waals surface area contributed by atoms with Crippen molar-refractivity contribution in [3.05, 3.63) is 42.1 Å². The van der Waals surface area contributed by atoms with Gasteiger partial charge in [-0.2, -0.15) is 0 Å². The summed E-state index contributed by atoms with van der Waals surface area (Å²) >= 11 is 0. The molecule has 1 atom stereocenters. The van der Waals surface area contributed by atoms with Crippen molar-refractivity contribution in [1.82, 2.24) is 14.8 Å². The molecule has 2 aliphatic heterocycles. The molecular formula is C21H27N3O2. The predicted molar refractivity (Wildman–Crippen MR) is 102 cm³/mol. The quantitative estimate of drug-likeness (QED) is 0.901. The van der Waals surface area contributed by atoms with Crippen LogP contribution < -0.4 is 0 Å². The number of aliphatic hydroxyl groups is 1. The number of fused-ring (bicyclic) bond motifs is 1. The summed E-state index contributed by atoms with van der Waals surface area (Å²) in [5.41, 5.74) is 2.44. The smallest absolute Gasteiger partial charge is 0.219 e. The van der Waals surface area contributed by atoms with Gasteiger partial charge in [0.05, 0.1) is 11.6 Å². The van der Waals surface area contributed by atoms with Crippen LogP contribution in [0.4, 0.5) is 0 Å². The molecule has 1 spiro atoms. The Morgan fingerprint density at radius 1 is 1.31 bits per heavy atom. The summed E-state index contributed by atoms with van der Waals surface area (Å²) in [6.45, 7) is 5.88. The number of carbonyl (C=O) groups is 1. The van der Waals surface area contributed by atoms with E-state index in [9.17, 15) is 9.90 Å². The standard InChI is InChI=1S/C21H27N3O2/c1-16(25)24-14-19(26)12-21(15-24)6-9-23(10-7-21)13-17-4-5-20-18(11-17)3-2-8-22-20/h2-5,8,11,19,26H,6-7,9-10,12-15H2,1H3. The fourth-order valence-electron chi connectivity index (χ4n) is 4.62. The first kappa shape index (κ1) is 17.4. The van der Waals surface area contributed by atoms with Crippen LogP contribution >= 0.6 is 0 Å². The van der Waals surface area contributed by atoms with E-state index in [0.29, 0.717) is 6.54 Å². The van der Waals surface area contributed by atoms with E-state index in [1.54, 1.807) is 6.92 Å². The van der Waals surface area contributed by atoms with E-state index in [0.717, 1.165) is 51.0 Å². The molecule has 2 fully saturated rings. The third-order valence-corrected chi connectivity index (χ3v) is 6.06. The molecule has 0 saturated carbocycles. The lowest BCUT2D eigenvalue weighted by atomic mass is 9.71. The Bertz CT molecular complexity index is 799. The zero-order valence-corrected chi connectivity index (χ0v) is 15.4. The van der Waals surface area contributed by atoms with Crippen LogP contribution in [0.25, 0.3) is 10.9 Å². The van der Waals surface area contributed by atoms with E-state index in [1.165, 1.54) is 10.9 Å². The highest BCUT2D eigenvalue weighted by molar-refractivity contribution is 5.78. The first-order valence-corrected chi connectivity index (χ1v) is 9.53. The highest BCUT2D eigenvalue weighted by Gasteiger charge is 2.42. The maximum Gasteiger partial charge on any atom is 0.219 e. The van der Waals surface area contributed by atoms with Gasteiger partial charge in [-0.15, -0.1) is 0 Å². The van der Waals surface area contributed by atoms with Crippen molar-refractivity contribution >= 4 is 16.8 Å². The summed E-state index contributed by atoms with van der Waals surface area (Å²) in [4.78, 5) is 20.5. The minimum absolute atomic E-state index is 0.0790. The average molecular weight is 353 g/mol. The fourth-order valence-corrected chi connectivity index (χ4v) is 4.62. The minimum Gasteiger partial charge on any atom is -0.391 e. The number of benzene rings is 1. The lowest BCUT2D eigenvalue weighted by Crippen LogP contribution is -2.54. The van der Waals surface area contributed by atoms with Gasteiger partial charge in [0, 0.05) is 38.1 Å². The lowest BCUT2D eigenvalue weighted by molar-refractivity contribution is -0.138. The maximum absolute atomic E-state index is 11.8. The van der Waals surface area contributed by atoms with E-state index in [-0.39, 0.29) is 17.4 Å². The van der Waals surface area contributed by atoms with Crippen molar-refractivity contribution < 1.29 is 9.90 Å². The number of nitrogens with zero attached hydrogens (tertiary/aromatic N) is 3. The molecule has 5 nitrogen and oxygen atoms in total. The molecule has 2 aliphatic rings. The predicted octanol–water partition coefficient (Wildman–Crippen LogP) is 2.43. The Morgan fingerprint density at radius 2 is 2.12 bits per heavy atom. The zero-order valence-electron chi connectivity index (χ0n) is 15.4. The van der Waals surface area contributed by atoms with E-state index >= 15 is 0 Å². The van der Waals surface area contributed by atoms with Crippen LogP contribution in [0, 0.1) is 5.41 Å². The molecule has 2 aromatic rings. The Hall–Kier alpha value is -1.98. The molecule has 26 heavy (non-hydrogen) atoms. The highest BCUT2D eigenvalue weighted by atomic mass is 16.3. The van der Waals surface area contributed by atoms with Gasteiger partial charge in [0.15, 0.2) is 0 Å². The number of pyridine rings is 1. The van der Waals surface area contributed by atoms with Crippen LogP contribution in [0.3, 0.4) is 0 Å². The topological polar surface area (TPSA) is 56.7 Å². The molecule has 0 bridgehead atoms. The van der Waals surface area contributed by atoms with Crippen LogP contribution in [0.5, 0.6) is 0 Å². The number of β-amino-alcohol motifs (C(OH)–C–C–N with tert-alkyl or cyclic N) is 1. The van der Waals surface area contributed by atoms with E-state index in [2.05, 4.69) is 34.1 Å². The second-order valence-corrected chi connectivity index (χ2v) is 8.06. The van der Waals surface area contributed by atoms with Crippen molar-refractivity contribution in [1.29, 1.82) is 0 Å². The summed E-state index contributed by atoms with van der Waals surface area (Å²) in [5.74, 6) is 0.0790. The first-order chi connectivity index (χ1) is 12.5. The molecule has 1 unspecified atom stereocenters. The summed E-state index contributed by atoms with van der Waals surface area (Å²) in [7, 11) is 0. The number of hydrogen-bond donors (Lipinski definition) is 1. The largest absolute Gasteiger partial charge is 0.391 e. The number of hydrogen-bond acceptors (Lipinski definition) is 4. The number of aliphatic hydroxyl groups excluding tert-OH is 1. The molecule has 1 aromatic heterocycles. The number of amides is 1. The fraction of sp³-hybridized carbons (Fsp3) is 0.524. The Balaban J connectivity index is 1.40. The van der Waals surface area contributed by atoms with Gasteiger partial charge in [0.2, 0.25) is 5.91 Å². The molecule has 0 radical (unpaired) electrons. The number of carbonyl (C=O) groups excluding carboxylic acids is 1. The van der Waals surface area contributed by atoms with E-state index in [4.69, 9.17) is 0 Å².